The van der Waals surface area contributed by atoms with Crippen molar-refractivity contribution in [3.05, 3.63) is 57.8 Å². The first-order valence-corrected chi connectivity index (χ1v) is 11.2. The molecule has 1 fully saturated rings. The summed E-state index contributed by atoms with van der Waals surface area (Å²) in [5, 5.41) is 2.06. The Balaban J connectivity index is 1.70. The second-order valence-electron chi connectivity index (χ2n) is 7.75. The minimum absolute atomic E-state index is 0.0895. The summed E-state index contributed by atoms with van der Waals surface area (Å²) in [6, 6.07) is 12.8. The van der Waals surface area contributed by atoms with Gasteiger partial charge in [-0.05, 0) is 62.4 Å². The van der Waals surface area contributed by atoms with Gasteiger partial charge in [0, 0.05) is 36.2 Å². The Bertz CT molecular complexity index is 722. The monoisotopic (exact) mass is 400 g/mol. The smallest absolute Gasteiger partial charge is 0.254 e. The van der Waals surface area contributed by atoms with Crippen molar-refractivity contribution in [2.75, 3.05) is 19.7 Å². The highest BCUT2D eigenvalue weighted by Gasteiger charge is 2.24. The first-order chi connectivity index (χ1) is 13.6. The second-order valence-corrected chi connectivity index (χ2v) is 8.79. The molecule has 3 rings (SSSR count). The van der Waals surface area contributed by atoms with Crippen molar-refractivity contribution in [3.8, 4) is 0 Å². The fourth-order valence-electron chi connectivity index (χ4n) is 3.67. The molecule has 1 saturated heterocycles. The van der Waals surface area contributed by atoms with Gasteiger partial charge in [0.05, 0.1) is 12.6 Å². The molecule has 1 aliphatic rings. The van der Waals surface area contributed by atoms with Crippen LogP contribution in [0.5, 0.6) is 0 Å². The maximum Gasteiger partial charge on any atom is 0.254 e. The minimum Gasteiger partial charge on any atom is -0.376 e. The lowest BCUT2D eigenvalue weighted by Gasteiger charge is -2.26. The van der Waals surface area contributed by atoms with Crippen LogP contribution in [0.2, 0.25) is 0 Å². The molecular formula is C23H32N2O2S. The van der Waals surface area contributed by atoms with Crippen molar-refractivity contribution in [2.45, 2.75) is 58.8 Å². The van der Waals surface area contributed by atoms with Gasteiger partial charge < -0.3 is 9.64 Å². The van der Waals surface area contributed by atoms with Crippen LogP contribution in [0, 0.1) is 0 Å². The SMILES string of the molecule is CCN(Cc1ccc(C(=O)N(Cc2cccs2)CC2CCCO2)cc1)C(C)C. The van der Waals surface area contributed by atoms with Crippen LogP contribution in [0.4, 0.5) is 0 Å². The molecule has 1 aliphatic heterocycles. The third-order valence-electron chi connectivity index (χ3n) is 5.39. The molecule has 5 heteroatoms. The van der Waals surface area contributed by atoms with Crippen molar-refractivity contribution >= 4 is 17.2 Å². The van der Waals surface area contributed by atoms with Gasteiger partial charge >= 0.3 is 0 Å². The lowest BCUT2D eigenvalue weighted by molar-refractivity contribution is 0.0509. The number of ether oxygens (including phenoxy) is 1. The second kappa shape index (κ2) is 10.2. The Kier molecular flexibility index (Phi) is 7.65. The van der Waals surface area contributed by atoms with Crippen LogP contribution in [0.1, 0.15) is 54.4 Å². The van der Waals surface area contributed by atoms with E-state index in [1.54, 1.807) is 11.3 Å². The normalized spacial score (nSPS) is 16.8. The van der Waals surface area contributed by atoms with Crippen molar-refractivity contribution in [1.82, 2.24) is 9.80 Å². The number of benzene rings is 1. The van der Waals surface area contributed by atoms with Crippen LogP contribution in [0.3, 0.4) is 0 Å². The van der Waals surface area contributed by atoms with Crippen LogP contribution in [-0.4, -0.2) is 47.5 Å². The number of carbonyl (C=O) groups is 1. The number of rotatable bonds is 9. The maximum atomic E-state index is 13.2. The molecule has 28 heavy (non-hydrogen) atoms. The van der Waals surface area contributed by atoms with Gasteiger partial charge in [0.15, 0.2) is 0 Å². The Morgan fingerprint density at radius 1 is 1.21 bits per heavy atom. The number of nitrogens with zero attached hydrogens (tertiary/aromatic N) is 2. The summed E-state index contributed by atoms with van der Waals surface area (Å²) in [6.07, 6.45) is 2.28. The van der Waals surface area contributed by atoms with E-state index >= 15 is 0 Å². The predicted octanol–water partition coefficient (Wildman–Crippen LogP) is 4.80. The van der Waals surface area contributed by atoms with E-state index in [4.69, 9.17) is 4.74 Å². The number of hydrogen-bond donors (Lipinski definition) is 0. The molecule has 1 aromatic carbocycles. The zero-order valence-electron chi connectivity index (χ0n) is 17.3. The minimum atomic E-state index is 0.0895. The van der Waals surface area contributed by atoms with E-state index in [2.05, 4.69) is 49.3 Å². The molecule has 152 valence electrons. The number of thiophene rings is 1. The maximum absolute atomic E-state index is 13.2. The van der Waals surface area contributed by atoms with Crippen LogP contribution in [0.15, 0.2) is 41.8 Å². The van der Waals surface area contributed by atoms with E-state index in [1.807, 2.05) is 23.1 Å². The topological polar surface area (TPSA) is 32.8 Å². The summed E-state index contributed by atoms with van der Waals surface area (Å²) in [6.45, 7) is 10.7. The Labute approximate surface area is 173 Å². The number of carbonyl (C=O) groups excluding carboxylic acids is 1. The quantitative estimate of drug-likeness (QED) is 0.606. The summed E-state index contributed by atoms with van der Waals surface area (Å²) in [7, 11) is 0. The lowest BCUT2D eigenvalue weighted by atomic mass is 10.1. The van der Waals surface area contributed by atoms with Crippen molar-refractivity contribution in [2.24, 2.45) is 0 Å². The molecule has 0 saturated carbocycles. The predicted molar refractivity (Wildman–Crippen MR) is 116 cm³/mol. The van der Waals surface area contributed by atoms with E-state index in [0.29, 0.717) is 19.1 Å². The molecule has 4 nitrogen and oxygen atoms in total. The Hall–Kier alpha value is -1.69. The first kappa shape index (κ1) is 21.0. The summed E-state index contributed by atoms with van der Waals surface area (Å²) in [5.41, 5.74) is 2.00. The Morgan fingerprint density at radius 2 is 2.00 bits per heavy atom. The van der Waals surface area contributed by atoms with Crippen LogP contribution < -0.4 is 0 Å². The van der Waals surface area contributed by atoms with E-state index in [9.17, 15) is 4.79 Å². The van der Waals surface area contributed by atoms with Crippen molar-refractivity contribution < 1.29 is 9.53 Å². The highest BCUT2D eigenvalue weighted by Crippen LogP contribution is 2.20. The zero-order chi connectivity index (χ0) is 19.9. The van der Waals surface area contributed by atoms with E-state index < -0.39 is 0 Å². The zero-order valence-corrected chi connectivity index (χ0v) is 18.1. The summed E-state index contributed by atoms with van der Waals surface area (Å²) in [4.78, 5) is 18.8. The van der Waals surface area contributed by atoms with Crippen LogP contribution in [-0.2, 0) is 17.8 Å². The fraction of sp³-hybridized carbons (Fsp3) is 0.522. The molecule has 0 N–H and O–H groups in total. The molecule has 2 heterocycles. The molecule has 1 aromatic heterocycles. The van der Waals surface area contributed by atoms with Gasteiger partial charge in [-0.25, -0.2) is 0 Å². The first-order valence-electron chi connectivity index (χ1n) is 10.3. The molecule has 2 aromatic rings. The van der Waals surface area contributed by atoms with Gasteiger partial charge in [-0.3, -0.25) is 9.69 Å². The number of hydrogen-bond acceptors (Lipinski definition) is 4. The van der Waals surface area contributed by atoms with Crippen molar-refractivity contribution in [1.29, 1.82) is 0 Å². The molecule has 0 radical (unpaired) electrons. The summed E-state index contributed by atoms with van der Waals surface area (Å²) < 4.78 is 5.79. The molecule has 0 bridgehead atoms. The van der Waals surface area contributed by atoms with Gasteiger partial charge in [0.1, 0.15) is 0 Å². The fourth-order valence-corrected chi connectivity index (χ4v) is 4.39. The summed E-state index contributed by atoms with van der Waals surface area (Å²) in [5.74, 6) is 0.0895. The van der Waals surface area contributed by atoms with E-state index in [-0.39, 0.29) is 12.0 Å². The van der Waals surface area contributed by atoms with Gasteiger partial charge in [0.2, 0.25) is 0 Å². The average Bonchev–Trinajstić information content (AvgIpc) is 3.39. The highest BCUT2D eigenvalue weighted by molar-refractivity contribution is 7.09. The third-order valence-corrected chi connectivity index (χ3v) is 6.25. The highest BCUT2D eigenvalue weighted by atomic mass is 32.1. The standard InChI is InChI=1S/C23H32N2O2S/c1-4-24(18(2)3)15-19-9-11-20(12-10-19)23(26)25(16-21-7-5-13-27-21)17-22-8-6-14-28-22/h6,8-12,14,18,21H,4-5,7,13,15-17H2,1-3H3. The van der Waals surface area contributed by atoms with Gasteiger partial charge in [-0.15, -0.1) is 11.3 Å². The van der Waals surface area contributed by atoms with Gasteiger partial charge in [0.25, 0.3) is 5.91 Å². The molecule has 1 atom stereocenters. The lowest BCUT2D eigenvalue weighted by Crippen LogP contribution is -2.36. The largest absolute Gasteiger partial charge is 0.376 e. The molecule has 1 unspecified atom stereocenters. The van der Waals surface area contributed by atoms with Gasteiger partial charge in [-0.2, -0.15) is 0 Å². The van der Waals surface area contributed by atoms with Crippen LogP contribution >= 0.6 is 11.3 Å². The molecule has 1 amide bonds. The Morgan fingerprint density at radius 3 is 2.57 bits per heavy atom. The summed E-state index contributed by atoms with van der Waals surface area (Å²) >= 11 is 1.70. The molecule has 0 aliphatic carbocycles. The van der Waals surface area contributed by atoms with Crippen LogP contribution in [0.25, 0.3) is 0 Å². The third kappa shape index (κ3) is 5.66. The molecule has 0 spiro atoms. The number of amides is 1. The van der Waals surface area contributed by atoms with Gasteiger partial charge in [-0.1, -0.05) is 25.1 Å². The molecular weight excluding hydrogens is 368 g/mol. The van der Waals surface area contributed by atoms with E-state index in [1.165, 1.54) is 10.4 Å². The average molecular weight is 401 g/mol. The van der Waals surface area contributed by atoms with E-state index in [0.717, 1.165) is 38.1 Å². The van der Waals surface area contributed by atoms with Crippen molar-refractivity contribution in [3.63, 3.8) is 0 Å².